The van der Waals surface area contributed by atoms with Crippen LogP contribution in [0.3, 0.4) is 0 Å². The van der Waals surface area contributed by atoms with Gasteiger partial charge in [0.1, 0.15) is 30.8 Å². The average Bonchev–Trinajstić information content (AvgIpc) is 3.27. The van der Waals surface area contributed by atoms with E-state index in [0.29, 0.717) is 12.5 Å². The molecule has 0 spiro atoms. The second-order valence-corrected chi connectivity index (χ2v) is 6.72. The van der Waals surface area contributed by atoms with E-state index in [2.05, 4.69) is 25.6 Å². The molecule has 9 heteroatoms. The minimum atomic E-state index is 0.0142. The number of nitrogens with zero attached hydrogens (tertiary/aromatic N) is 6. The fraction of sp³-hybridized carbons (Fsp3) is 0.389. The van der Waals surface area contributed by atoms with Gasteiger partial charge in [0.05, 0.1) is 5.69 Å². The topological polar surface area (TPSA) is 99.8 Å². The van der Waals surface area contributed by atoms with Crippen molar-refractivity contribution in [2.45, 2.75) is 38.3 Å². The van der Waals surface area contributed by atoms with Gasteiger partial charge < -0.3 is 14.6 Å². The third-order valence-corrected chi connectivity index (χ3v) is 4.80. The number of amides is 1. The summed E-state index contributed by atoms with van der Waals surface area (Å²) in [4.78, 5) is 15.0. The fourth-order valence-electron chi connectivity index (χ4n) is 3.28. The summed E-state index contributed by atoms with van der Waals surface area (Å²) in [7, 11) is 1.95. The molecule has 27 heavy (non-hydrogen) atoms. The molecular weight excluding hydrogens is 346 g/mol. The number of hydrogen-bond acceptors (Lipinski definition) is 6. The van der Waals surface area contributed by atoms with Gasteiger partial charge in [-0.2, -0.15) is 5.10 Å². The number of aromatic nitrogens is 6. The van der Waals surface area contributed by atoms with Crippen LogP contribution in [0.15, 0.2) is 36.9 Å². The molecule has 1 fully saturated rings. The van der Waals surface area contributed by atoms with Gasteiger partial charge in [0.2, 0.25) is 5.91 Å². The normalized spacial score (nSPS) is 18.7. The van der Waals surface area contributed by atoms with E-state index in [0.717, 1.165) is 35.9 Å². The Morgan fingerprint density at radius 3 is 2.70 bits per heavy atom. The third-order valence-electron chi connectivity index (χ3n) is 4.80. The molecule has 9 nitrogen and oxygen atoms in total. The molecule has 0 aliphatic heterocycles. The minimum Gasteiger partial charge on any atom is -0.486 e. The van der Waals surface area contributed by atoms with E-state index in [1.807, 2.05) is 35.9 Å². The van der Waals surface area contributed by atoms with Crippen molar-refractivity contribution in [3.63, 3.8) is 0 Å². The van der Waals surface area contributed by atoms with Crippen molar-refractivity contribution in [3.05, 3.63) is 48.6 Å². The SMILES string of the molecule is CC(=O)NC1CC(c2nnc(COc3ccc(-n4cncn4)cc3)n2C)C1. The summed E-state index contributed by atoms with van der Waals surface area (Å²) in [5.74, 6) is 2.80. The van der Waals surface area contributed by atoms with Crippen LogP contribution >= 0.6 is 0 Å². The number of rotatable bonds is 6. The van der Waals surface area contributed by atoms with Gasteiger partial charge >= 0.3 is 0 Å². The van der Waals surface area contributed by atoms with Gasteiger partial charge in [0, 0.05) is 25.9 Å². The van der Waals surface area contributed by atoms with Crippen molar-refractivity contribution in [2.24, 2.45) is 7.05 Å². The zero-order chi connectivity index (χ0) is 18.8. The molecule has 1 amide bonds. The van der Waals surface area contributed by atoms with Crippen LogP contribution in [-0.4, -0.2) is 41.5 Å². The largest absolute Gasteiger partial charge is 0.486 e. The number of carbonyl (C=O) groups is 1. The summed E-state index contributed by atoms with van der Waals surface area (Å²) in [6, 6.07) is 7.86. The Balaban J connectivity index is 1.34. The molecule has 1 aliphatic rings. The van der Waals surface area contributed by atoms with Gasteiger partial charge in [-0.1, -0.05) is 0 Å². The lowest BCUT2D eigenvalue weighted by Gasteiger charge is -2.34. The number of ether oxygens (including phenoxy) is 1. The van der Waals surface area contributed by atoms with Crippen molar-refractivity contribution in [1.82, 2.24) is 34.8 Å². The first-order valence-electron chi connectivity index (χ1n) is 8.83. The summed E-state index contributed by atoms with van der Waals surface area (Å²) in [6.45, 7) is 1.89. The number of hydrogen-bond donors (Lipinski definition) is 1. The van der Waals surface area contributed by atoms with Crippen LogP contribution in [-0.2, 0) is 18.4 Å². The van der Waals surface area contributed by atoms with Crippen LogP contribution in [0.4, 0.5) is 0 Å². The molecule has 4 rings (SSSR count). The lowest BCUT2D eigenvalue weighted by Crippen LogP contribution is -2.43. The van der Waals surface area contributed by atoms with Gasteiger partial charge in [-0.25, -0.2) is 9.67 Å². The van der Waals surface area contributed by atoms with Crippen molar-refractivity contribution in [3.8, 4) is 11.4 Å². The molecule has 140 valence electrons. The Morgan fingerprint density at radius 1 is 1.26 bits per heavy atom. The highest BCUT2D eigenvalue weighted by Gasteiger charge is 2.34. The zero-order valence-corrected chi connectivity index (χ0v) is 15.2. The van der Waals surface area contributed by atoms with Gasteiger partial charge in [0.25, 0.3) is 0 Å². The second-order valence-electron chi connectivity index (χ2n) is 6.72. The summed E-state index contributed by atoms with van der Waals surface area (Å²) >= 11 is 0. The highest BCUT2D eigenvalue weighted by atomic mass is 16.5. The van der Waals surface area contributed by atoms with Crippen molar-refractivity contribution >= 4 is 5.91 Å². The molecule has 1 aliphatic carbocycles. The van der Waals surface area contributed by atoms with Crippen molar-refractivity contribution in [1.29, 1.82) is 0 Å². The van der Waals surface area contributed by atoms with E-state index in [9.17, 15) is 4.79 Å². The maximum atomic E-state index is 11.1. The van der Waals surface area contributed by atoms with Crippen LogP contribution in [0.1, 0.15) is 37.3 Å². The number of benzene rings is 1. The molecule has 3 aromatic rings. The average molecular weight is 367 g/mol. The Kier molecular flexibility index (Phi) is 4.57. The molecule has 0 atom stereocenters. The lowest BCUT2D eigenvalue weighted by atomic mass is 9.79. The maximum absolute atomic E-state index is 11.1. The molecule has 1 N–H and O–H groups in total. The van der Waals surface area contributed by atoms with E-state index in [4.69, 9.17) is 4.74 Å². The first-order valence-corrected chi connectivity index (χ1v) is 8.83. The molecule has 0 bridgehead atoms. The highest BCUT2D eigenvalue weighted by Crippen LogP contribution is 2.35. The fourth-order valence-corrected chi connectivity index (χ4v) is 3.28. The predicted molar refractivity (Wildman–Crippen MR) is 96.3 cm³/mol. The smallest absolute Gasteiger partial charge is 0.217 e. The van der Waals surface area contributed by atoms with E-state index in [1.54, 1.807) is 17.9 Å². The molecule has 0 saturated heterocycles. The molecule has 2 heterocycles. The van der Waals surface area contributed by atoms with E-state index < -0.39 is 0 Å². The highest BCUT2D eigenvalue weighted by molar-refractivity contribution is 5.73. The summed E-state index contributed by atoms with van der Waals surface area (Å²) in [5, 5.41) is 15.6. The van der Waals surface area contributed by atoms with E-state index in [1.165, 1.54) is 6.33 Å². The van der Waals surface area contributed by atoms with E-state index in [-0.39, 0.29) is 11.9 Å². The third kappa shape index (κ3) is 3.67. The van der Waals surface area contributed by atoms with Gasteiger partial charge in [-0.05, 0) is 37.1 Å². The predicted octanol–water partition coefficient (Wildman–Crippen LogP) is 1.36. The number of nitrogens with one attached hydrogen (secondary N) is 1. The Morgan fingerprint density at radius 2 is 2.04 bits per heavy atom. The molecule has 1 saturated carbocycles. The van der Waals surface area contributed by atoms with Crippen LogP contribution in [0, 0.1) is 0 Å². The van der Waals surface area contributed by atoms with Crippen LogP contribution in [0.25, 0.3) is 5.69 Å². The van der Waals surface area contributed by atoms with Crippen LogP contribution in [0.5, 0.6) is 5.75 Å². The molecule has 0 radical (unpaired) electrons. The minimum absolute atomic E-state index is 0.0142. The van der Waals surface area contributed by atoms with Gasteiger partial charge in [-0.3, -0.25) is 4.79 Å². The quantitative estimate of drug-likeness (QED) is 0.706. The van der Waals surface area contributed by atoms with Gasteiger partial charge in [0.15, 0.2) is 5.82 Å². The monoisotopic (exact) mass is 367 g/mol. The van der Waals surface area contributed by atoms with E-state index >= 15 is 0 Å². The first kappa shape index (κ1) is 17.2. The zero-order valence-electron chi connectivity index (χ0n) is 15.2. The summed E-state index contributed by atoms with van der Waals surface area (Å²) in [5.41, 5.74) is 0.916. The summed E-state index contributed by atoms with van der Waals surface area (Å²) < 4.78 is 9.51. The first-order chi connectivity index (χ1) is 13.1. The maximum Gasteiger partial charge on any atom is 0.217 e. The molecule has 2 aromatic heterocycles. The Hall–Kier alpha value is -3.23. The standard InChI is InChI=1S/C18H21N7O2/c1-12(26)21-14-7-13(8-14)18-23-22-17(24(18)2)9-27-16-5-3-15(4-6-16)25-11-19-10-20-25/h3-6,10-11,13-14H,7-9H2,1-2H3,(H,21,26). The Labute approximate surface area is 156 Å². The van der Waals surface area contributed by atoms with Crippen molar-refractivity contribution < 1.29 is 9.53 Å². The van der Waals surface area contributed by atoms with Gasteiger partial charge in [-0.15, -0.1) is 10.2 Å². The number of carbonyl (C=O) groups excluding carboxylic acids is 1. The Bertz CT molecular complexity index is 912. The van der Waals surface area contributed by atoms with Crippen LogP contribution < -0.4 is 10.1 Å². The second kappa shape index (κ2) is 7.18. The van der Waals surface area contributed by atoms with Crippen molar-refractivity contribution in [2.75, 3.05) is 0 Å². The molecular formula is C18H21N7O2. The van der Waals surface area contributed by atoms with Crippen LogP contribution in [0.2, 0.25) is 0 Å². The summed E-state index contributed by atoms with van der Waals surface area (Å²) in [6.07, 6.45) is 4.94. The molecule has 0 unspecified atom stereocenters. The molecule has 1 aromatic carbocycles. The lowest BCUT2D eigenvalue weighted by molar-refractivity contribution is -0.120.